The standard InChI is InChI=1S/C22H22N8O/c31-22(26-17-6-8-18(9-7-17)29-12-10-23-11-13-29)30(19-4-2-1-3-5-19)21-24-14-16-15-25-28-20(16)27-21/h1-9,14-15,23H,10-13H2,(H,26,31)(H,24,25,27,28). The zero-order chi connectivity index (χ0) is 21.0. The minimum atomic E-state index is -0.347. The Morgan fingerprint density at radius 3 is 2.55 bits per heavy atom. The summed E-state index contributed by atoms with van der Waals surface area (Å²) in [4.78, 5) is 25.9. The summed E-state index contributed by atoms with van der Waals surface area (Å²) in [6.07, 6.45) is 3.29. The van der Waals surface area contributed by atoms with E-state index in [1.54, 1.807) is 12.4 Å². The fourth-order valence-electron chi connectivity index (χ4n) is 3.60. The molecule has 3 heterocycles. The number of carbonyl (C=O) groups is 1. The lowest BCUT2D eigenvalue weighted by molar-refractivity contribution is 0.258. The number of urea groups is 1. The number of benzene rings is 2. The van der Waals surface area contributed by atoms with Gasteiger partial charge in [-0.3, -0.25) is 5.10 Å². The van der Waals surface area contributed by atoms with Crippen LogP contribution in [0.25, 0.3) is 11.0 Å². The van der Waals surface area contributed by atoms with Crippen LogP contribution >= 0.6 is 0 Å². The van der Waals surface area contributed by atoms with E-state index in [0.717, 1.165) is 37.3 Å². The Morgan fingerprint density at radius 1 is 1.00 bits per heavy atom. The number of hydrogen-bond acceptors (Lipinski definition) is 6. The fourth-order valence-corrected chi connectivity index (χ4v) is 3.60. The Balaban J connectivity index is 1.40. The number of piperazine rings is 1. The van der Waals surface area contributed by atoms with E-state index >= 15 is 0 Å². The number of rotatable bonds is 4. The summed E-state index contributed by atoms with van der Waals surface area (Å²) in [5.74, 6) is 0.262. The molecule has 1 saturated heterocycles. The second kappa shape index (κ2) is 8.41. The normalized spacial score (nSPS) is 13.9. The van der Waals surface area contributed by atoms with Crippen molar-refractivity contribution in [2.75, 3.05) is 41.3 Å². The summed E-state index contributed by atoms with van der Waals surface area (Å²) in [7, 11) is 0. The minimum absolute atomic E-state index is 0.262. The highest BCUT2D eigenvalue weighted by molar-refractivity contribution is 6.06. The van der Waals surface area contributed by atoms with Crippen LogP contribution in [0, 0.1) is 0 Å². The van der Waals surface area contributed by atoms with Gasteiger partial charge in [-0.1, -0.05) is 18.2 Å². The Bertz CT molecular complexity index is 1170. The first-order valence-corrected chi connectivity index (χ1v) is 10.2. The number of nitrogens with one attached hydrogen (secondary N) is 3. The zero-order valence-corrected chi connectivity index (χ0v) is 16.8. The molecule has 4 aromatic rings. The lowest BCUT2D eigenvalue weighted by Crippen LogP contribution is -2.43. The predicted molar refractivity (Wildman–Crippen MR) is 121 cm³/mol. The Hall–Kier alpha value is -3.98. The molecule has 9 nitrogen and oxygen atoms in total. The molecule has 0 saturated carbocycles. The maximum absolute atomic E-state index is 13.3. The van der Waals surface area contributed by atoms with Crippen LogP contribution in [0.3, 0.4) is 0 Å². The Morgan fingerprint density at radius 2 is 1.77 bits per heavy atom. The molecule has 2 aromatic carbocycles. The minimum Gasteiger partial charge on any atom is -0.369 e. The van der Waals surface area contributed by atoms with Crippen LogP contribution in [-0.4, -0.2) is 52.4 Å². The highest BCUT2D eigenvalue weighted by Gasteiger charge is 2.22. The van der Waals surface area contributed by atoms with Crippen LogP contribution in [0.5, 0.6) is 0 Å². The van der Waals surface area contributed by atoms with E-state index in [2.05, 4.69) is 35.7 Å². The summed E-state index contributed by atoms with van der Waals surface area (Å²) in [5.41, 5.74) is 3.08. The van der Waals surface area contributed by atoms with Gasteiger partial charge in [-0.05, 0) is 36.4 Å². The molecule has 0 unspecified atom stereocenters. The maximum Gasteiger partial charge on any atom is 0.333 e. The molecule has 0 radical (unpaired) electrons. The number of nitrogens with zero attached hydrogens (tertiary/aromatic N) is 5. The SMILES string of the molecule is O=C(Nc1ccc(N2CCNCC2)cc1)N(c1ccccc1)c1ncc2cn[nH]c2n1. The molecule has 0 bridgehead atoms. The van der Waals surface area contributed by atoms with Crippen molar-refractivity contribution in [3.8, 4) is 0 Å². The van der Waals surface area contributed by atoms with Crippen molar-refractivity contribution in [1.82, 2.24) is 25.5 Å². The molecule has 0 aliphatic carbocycles. The highest BCUT2D eigenvalue weighted by atomic mass is 16.2. The molecular formula is C22H22N8O. The molecule has 0 spiro atoms. The Kier molecular flexibility index (Phi) is 5.16. The molecule has 3 N–H and O–H groups in total. The van der Waals surface area contributed by atoms with Crippen molar-refractivity contribution < 1.29 is 4.79 Å². The number of anilines is 4. The molecule has 5 rings (SSSR count). The van der Waals surface area contributed by atoms with Crippen LogP contribution < -0.4 is 20.4 Å². The average Bonchev–Trinajstić information content (AvgIpc) is 3.29. The number of aromatic nitrogens is 4. The highest BCUT2D eigenvalue weighted by Crippen LogP contribution is 2.25. The van der Waals surface area contributed by atoms with Crippen molar-refractivity contribution in [2.24, 2.45) is 0 Å². The topological polar surface area (TPSA) is 102 Å². The van der Waals surface area contributed by atoms with E-state index < -0.39 is 0 Å². The number of amides is 2. The van der Waals surface area contributed by atoms with E-state index in [-0.39, 0.29) is 12.0 Å². The largest absolute Gasteiger partial charge is 0.369 e. The monoisotopic (exact) mass is 414 g/mol. The van der Waals surface area contributed by atoms with Gasteiger partial charge in [-0.2, -0.15) is 10.1 Å². The third-order valence-electron chi connectivity index (χ3n) is 5.20. The van der Waals surface area contributed by atoms with Gasteiger partial charge >= 0.3 is 6.03 Å². The molecular weight excluding hydrogens is 392 g/mol. The van der Waals surface area contributed by atoms with Crippen molar-refractivity contribution in [3.63, 3.8) is 0 Å². The molecule has 0 atom stereocenters. The first-order chi connectivity index (χ1) is 15.3. The number of carbonyl (C=O) groups excluding carboxylic acids is 1. The van der Waals surface area contributed by atoms with Gasteiger partial charge < -0.3 is 15.5 Å². The number of H-pyrrole nitrogens is 1. The number of fused-ring (bicyclic) bond motifs is 1. The lowest BCUT2D eigenvalue weighted by atomic mass is 10.2. The van der Waals surface area contributed by atoms with Crippen LogP contribution in [0.1, 0.15) is 0 Å². The van der Waals surface area contributed by atoms with E-state index in [1.165, 1.54) is 4.90 Å². The molecule has 31 heavy (non-hydrogen) atoms. The lowest BCUT2D eigenvalue weighted by Gasteiger charge is -2.29. The summed E-state index contributed by atoms with van der Waals surface area (Å²) in [6, 6.07) is 16.9. The van der Waals surface area contributed by atoms with E-state index in [9.17, 15) is 4.79 Å². The van der Waals surface area contributed by atoms with Gasteiger partial charge in [-0.15, -0.1) is 0 Å². The summed E-state index contributed by atoms with van der Waals surface area (Å²) in [6.45, 7) is 3.90. The van der Waals surface area contributed by atoms with Crippen LogP contribution in [0.4, 0.5) is 27.8 Å². The van der Waals surface area contributed by atoms with Crippen LogP contribution in [0.15, 0.2) is 67.0 Å². The van der Waals surface area contributed by atoms with Crippen molar-refractivity contribution >= 4 is 40.1 Å². The van der Waals surface area contributed by atoms with Gasteiger partial charge in [0.1, 0.15) is 0 Å². The molecule has 2 aromatic heterocycles. The van der Waals surface area contributed by atoms with E-state index in [4.69, 9.17) is 0 Å². The van der Waals surface area contributed by atoms with Gasteiger partial charge in [0, 0.05) is 43.8 Å². The first-order valence-electron chi connectivity index (χ1n) is 10.2. The van der Waals surface area contributed by atoms with Gasteiger partial charge in [0.15, 0.2) is 5.65 Å². The van der Waals surface area contributed by atoms with Crippen molar-refractivity contribution in [3.05, 3.63) is 67.0 Å². The smallest absolute Gasteiger partial charge is 0.333 e. The zero-order valence-electron chi connectivity index (χ0n) is 16.8. The third-order valence-corrected chi connectivity index (χ3v) is 5.20. The van der Waals surface area contributed by atoms with Crippen LogP contribution in [0.2, 0.25) is 0 Å². The third kappa shape index (κ3) is 4.03. The summed E-state index contributed by atoms with van der Waals surface area (Å²) in [5, 5.41) is 13.9. The number of aromatic amines is 1. The van der Waals surface area contributed by atoms with Gasteiger partial charge in [0.25, 0.3) is 0 Å². The van der Waals surface area contributed by atoms with Crippen molar-refractivity contribution in [1.29, 1.82) is 0 Å². The average molecular weight is 414 g/mol. The Labute approximate surface area is 179 Å². The van der Waals surface area contributed by atoms with E-state index in [1.807, 2.05) is 54.6 Å². The first kappa shape index (κ1) is 19.0. The molecule has 1 aliphatic heterocycles. The van der Waals surface area contributed by atoms with Gasteiger partial charge in [-0.25, -0.2) is 14.7 Å². The molecule has 1 fully saturated rings. The predicted octanol–water partition coefficient (Wildman–Crippen LogP) is 3.13. The molecule has 1 aliphatic rings. The van der Waals surface area contributed by atoms with E-state index in [0.29, 0.717) is 17.0 Å². The molecule has 9 heteroatoms. The van der Waals surface area contributed by atoms with Crippen molar-refractivity contribution in [2.45, 2.75) is 0 Å². The summed E-state index contributed by atoms with van der Waals surface area (Å²) < 4.78 is 0. The van der Waals surface area contributed by atoms with Gasteiger partial charge in [0.05, 0.1) is 17.3 Å². The second-order valence-corrected chi connectivity index (χ2v) is 7.23. The second-order valence-electron chi connectivity index (χ2n) is 7.23. The van der Waals surface area contributed by atoms with Crippen LogP contribution in [-0.2, 0) is 0 Å². The maximum atomic E-state index is 13.3. The fraction of sp³-hybridized carbons (Fsp3) is 0.182. The molecule has 156 valence electrons. The molecule has 2 amide bonds. The number of hydrogen-bond donors (Lipinski definition) is 3. The quantitative estimate of drug-likeness (QED) is 0.474. The van der Waals surface area contributed by atoms with Gasteiger partial charge in [0.2, 0.25) is 5.95 Å². The summed E-state index contributed by atoms with van der Waals surface area (Å²) >= 11 is 0. The number of para-hydroxylation sites is 1.